The summed E-state index contributed by atoms with van der Waals surface area (Å²) in [5.41, 5.74) is 0.597. The van der Waals surface area contributed by atoms with Crippen molar-refractivity contribution in [2.45, 2.75) is 45.4 Å². The van der Waals surface area contributed by atoms with Crippen molar-refractivity contribution in [3.05, 3.63) is 35.6 Å². The van der Waals surface area contributed by atoms with Gasteiger partial charge in [0.2, 0.25) is 0 Å². The van der Waals surface area contributed by atoms with Crippen molar-refractivity contribution in [3.8, 4) is 0 Å². The monoisotopic (exact) mass is 294 g/mol. The van der Waals surface area contributed by atoms with Crippen LogP contribution >= 0.6 is 0 Å². The average Bonchev–Trinajstić information content (AvgIpc) is 2.36. The second-order valence-corrected chi connectivity index (χ2v) is 6.51. The van der Waals surface area contributed by atoms with Gasteiger partial charge in [-0.25, -0.2) is 4.39 Å². The second kappa shape index (κ2) is 6.86. The van der Waals surface area contributed by atoms with Crippen LogP contribution in [0.1, 0.15) is 39.3 Å². The van der Waals surface area contributed by atoms with Crippen molar-refractivity contribution in [1.82, 2.24) is 10.2 Å². The van der Waals surface area contributed by atoms with Gasteiger partial charge in [0.15, 0.2) is 0 Å². The minimum absolute atomic E-state index is 0.0114. The molecule has 1 N–H and O–H groups in total. The van der Waals surface area contributed by atoms with Gasteiger partial charge in [-0.3, -0.25) is 4.90 Å². The van der Waals surface area contributed by atoms with Crippen molar-refractivity contribution in [2.24, 2.45) is 0 Å². The number of likely N-dealkylation sites (N-methyl/N-ethyl adjacent to an activating group) is 1. The Hall–Kier alpha value is -0.970. The molecule has 3 nitrogen and oxygen atoms in total. The zero-order valence-electron chi connectivity index (χ0n) is 13.5. The minimum Gasteiger partial charge on any atom is -0.370 e. The first-order valence-electron chi connectivity index (χ1n) is 7.79. The van der Waals surface area contributed by atoms with Crippen molar-refractivity contribution < 1.29 is 9.13 Å². The molecule has 0 bridgehead atoms. The quantitative estimate of drug-likeness (QED) is 0.903. The summed E-state index contributed by atoms with van der Waals surface area (Å²) in [5, 5.41) is 3.41. The van der Waals surface area contributed by atoms with E-state index in [1.54, 1.807) is 6.07 Å². The van der Waals surface area contributed by atoms with E-state index in [4.69, 9.17) is 4.74 Å². The third kappa shape index (κ3) is 4.50. The molecule has 0 amide bonds. The van der Waals surface area contributed by atoms with Crippen LogP contribution in [0.4, 0.5) is 4.39 Å². The number of rotatable bonds is 5. The van der Waals surface area contributed by atoms with Gasteiger partial charge in [-0.15, -0.1) is 0 Å². The maximum atomic E-state index is 14.1. The van der Waals surface area contributed by atoms with Crippen LogP contribution in [-0.2, 0) is 4.74 Å². The molecule has 118 valence electrons. The second-order valence-electron chi connectivity index (χ2n) is 6.51. The largest absolute Gasteiger partial charge is 0.370 e. The maximum Gasteiger partial charge on any atom is 0.128 e. The molecule has 1 aliphatic heterocycles. The molecule has 0 aliphatic carbocycles. The minimum atomic E-state index is -0.149. The average molecular weight is 294 g/mol. The van der Waals surface area contributed by atoms with Gasteiger partial charge in [-0.1, -0.05) is 25.1 Å². The SMILES string of the molecule is CCNC(CN1CC(C)OC(C)(C)C1)c1ccccc1F. The summed E-state index contributed by atoms with van der Waals surface area (Å²) < 4.78 is 20.0. The Morgan fingerprint density at radius 2 is 2.14 bits per heavy atom. The molecule has 1 aromatic carbocycles. The van der Waals surface area contributed by atoms with Crippen LogP contribution in [-0.4, -0.2) is 42.8 Å². The summed E-state index contributed by atoms with van der Waals surface area (Å²) >= 11 is 0. The van der Waals surface area contributed by atoms with Gasteiger partial charge in [-0.05, 0) is 33.4 Å². The van der Waals surface area contributed by atoms with Crippen LogP contribution in [0.25, 0.3) is 0 Å². The van der Waals surface area contributed by atoms with E-state index < -0.39 is 0 Å². The fraction of sp³-hybridized carbons (Fsp3) is 0.647. The molecule has 2 rings (SSSR count). The van der Waals surface area contributed by atoms with E-state index in [2.05, 4.69) is 37.9 Å². The van der Waals surface area contributed by atoms with Gasteiger partial charge in [-0.2, -0.15) is 0 Å². The topological polar surface area (TPSA) is 24.5 Å². The third-order valence-corrected chi connectivity index (χ3v) is 3.81. The Kier molecular flexibility index (Phi) is 5.36. The molecule has 2 atom stereocenters. The molecule has 0 aromatic heterocycles. The molecule has 21 heavy (non-hydrogen) atoms. The molecule has 1 fully saturated rings. The zero-order valence-corrected chi connectivity index (χ0v) is 13.5. The van der Waals surface area contributed by atoms with Crippen molar-refractivity contribution in [3.63, 3.8) is 0 Å². The molecule has 0 spiro atoms. The summed E-state index contributed by atoms with van der Waals surface area (Å²) in [5.74, 6) is -0.135. The van der Waals surface area contributed by atoms with Crippen LogP contribution in [0.5, 0.6) is 0 Å². The van der Waals surface area contributed by atoms with Crippen LogP contribution in [0.15, 0.2) is 24.3 Å². The first-order valence-corrected chi connectivity index (χ1v) is 7.79. The number of hydrogen-bond acceptors (Lipinski definition) is 3. The number of halogens is 1. The Morgan fingerprint density at radius 3 is 2.76 bits per heavy atom. The maximum absolute atomic E-state index is 14.1. The van der Waals surface area contributed by atoms with E-state index in [1.165, 1.54) is 6.07 Å². The van der Waals surface area contributed by atoms with Gasteiger partial charge in [0.1, 0.15) is 5.82 Å². The van der Waals surface area contributed by atoms with Gasteiger partial charge in [0.25, 0.3) is 0 Å². The Balaban J connectivity index is 2.11. The summed E-state index contributed by atoms with van der Waals surface area (Å²) in [4.78, 5) is 2.37. The molecule has 1 aliphatic rings. The molecule has 0 saturated carbocycles. The lowest BCUT2D eigenvalue weighted by Crippen LogP contribution is -2.53. The molecule has 1 heterocycles. The van der Waals surface area contributed by atoms with Crippen LogP contribution in [0.3, 0.4) is 0 Å². The highest BCUT2D eigenvalue weighted by Gasteiger charge is 2.32. The molecule has 0 radical (unpaired) electrons. The standard InChI is InChI=1S/C17H27FN2O/c1-5-19-16(14-8-6-7-9-15(14)18)11-20-10-13(2)21-17(3,4)12-20/h6-9,13,16,19H,5,10-12H2,1-4H3. The lowest BCUT2D eigenvalue weighted by Gasteiger charge is -2.43. The number of hydrogen-bond donors (Lipinski definition) is 1. The Labute approximate surface area is 127 Å². The van der Waals surface area contributed by atoms with Crippen molar-refractivity contribution in [1.29, 1.82) is 0 Å². The predicted octanol–water partition coefficient (Wildman–Crippen LogP) is 2.98. The fourth-order valence-electron chi connectivity index (χ4n) is 3.26. The fourth-order valence-corrected chi connectivity index (χ4v) is 3.26. The summed E-state index contributed by atoms with van der Waals surface area (Å²) in [6.07, 6.45) is 0.205. The predicted molar refractivity (Wildman–Crippen MR) is 83.9 cm³/mol. The highest BCUT2D eigenvalue weighted by Crippen LogP contribution is 2.24. The smallest absolute Gasteiger partial charge is 0.128 e. The first kappa shape index (κ1) is 16.4. The van der Waals surface area contributed by atoms with Crippen molar-refractivity contribution >= 4 is 0 Å². The number of nitrogens with one attached hydrogen (secondary N) is 1. The number of morpholine rings is 1. The molecular weight excluding hydrogens is 267 g/mol. The van der Waals surface area contributed by atoms with Crippen molar-refractivity contribution in [2.75, 3.05) is 26.2 Å². The van der Waals surface area contributed by atoms with Gasteiger partial charge < -0.3 is 10.1 Å². The lowest BCUT2D eigenvalue weighted by atomic mass is 10.0. The molecular formula is C17H27FN2O. The first-order chi connectivity index (χ1) is 9.91. The Bertz CT molecular complexity index is 464. The molecule has 4 heteroatoms. The van der Waals surface area contributed by atoms with Gasteiger partial charge >= 0.3 is 0 Å². The van der Waals surface area contributed by atoms with E-state index in [1.807, 2.05) is 12.1 Å². The summed E-state index contributed by atoms with van der Waals surface area (Å²) in [6.45, 7) is 11.8. The number of ether oxygens (including phenoxy) is 1. The number of benzene rings is 1. The molecule has 1 aromatic rings. The highest BCUT2D eigenvalue weighted by molar-refractivity contribution is 5.21. The van der Waals surface area contributed by atoms with E-state index in [-0.39, 0.29) is 23.6 Å². The van der Waals surface area contributed by atoms with Crippen LogP contribution in [0, 0.1) is 5.82 Å². The summed E-state index contributed by atoms with van der Waals surface area (Å²) in [7, 11) is 0. The van der Waals surface area contributed by atoms with E-state index in [0.29, 0.717) is 0 Å². The zero-order chi connectivity index (χ0) is 15.5. The van der Waals surface area contributed by atoms with Gasteiger partial charge in [0.05, 0.1) is 11.7 Å². The number of nitrogens with zero attached hydrogens (tertiary/aromatic N) is 1. The van der Waals surface area contributed by atoms with Crippen LogP contribution in [0.2, 0.25) is 0 Å². The van der Waals surface area contributed by atoms with Gasteiger partial charge in [0, 0.05) is 31.2 Å². The summed E-state index contributed by atoms with van der Waals surface area (Å²) in [6, 6.07) is 7.05. The molecule has 1 saturated heterocycles. The van der Waals surface area contributed by atoms with E-state index in [0.717, 1.165) is 31.7 Å². The highest BCUT2D eigenvalue weighted by atomic mass is 19.1. The molecule has 2 unspecified atom stereocenters. The van der Waals surface area contributed by atoms with Crippen LogP contribution < -0.4 is 5.32 Å². The lowest BCUT2D eigenvalue weighted by molar-refractivity contribution is -0.130. The Morgan fingerprint density at radius 1 is 1.43 bits per heavy atom. The van der Waals surface area contributed by atoms with E-state index >= 15 is 0 Å². The van der Waals surface area contributed by atoms with E-state index in [9.17, 15) is 4.39 Å². The normalized spacial score (nSPS) is 24.0. The third-order valence-electron chi connectivity index (χ3n) is 3.81.